The van der Waals surface area contributed by atoms with Crippen LogP contribution in [0.15, 0.2) is 36.5 Å². The highest BCUT2D eigenvalue weighted by molar-refractivity contribution is 5.95. The van der Waals surface area contributed by atoms with Gasteiger partial charge in [0.05, 0.1) is 12.2 Å². The smallest absolute Gasteiger partial charge is 0.339 e. The summed E-state index contributed by atoms with van der Waals surface area (Å²) >= 11 is 0. The van der Waals surface area contributed by atoms with Gasteiger partial charge < -0.3 is 25.2 Å². The molecule has 2 aromatic rings. The molecule has 0 unspecified atom stereocenters. The van der Waals surface area contributed by atoms with E-state index in [1.165, 1.54) is 6.20 Å². The van der Waals surface area contributed by atoms with Crippen LogP contribution >= 0.6 is 0 Å². The molecule has 1 aromatic heterocycles. The Morgan fingerprint density at radius 2 is 1.85 bits per heavy atom. The Labute approximate surface area is 200 Å². The van der Waals surface area contributed by atoms with Gasteiger partial charge in [0.1, 0.15) is 5.82 Å². The van der Waals surface area contributed by atoms with Crippen molar-refractivity contribution in [1.82, 2.24) is 9.88 Å². The number of anilines is 3. The first-order chi connectivity index (χ1) is 16.3. The van der Waals surface area contributed by atoms with Gasteiger partial charge in [0, 0.05) is 49.7 Å². The van der Waals surface area contributed by atoms with E-state index in [0.29, 0.717) is 43.2 Å². The van der Waals surface area contributed by atoms with Crippen LogP contribution < -0.4 is 15.5 Å². The second kappa shape index (κ2) is 11.5. The largest absolute Gasteiger partial charge is 0.462 e. The van der Waals surface area contributed by atoms with Gasteiger partial charge in [-0.15, -0.1) is 0 Å². The minimum atomic E-state index is -0.386. The summed E-state index contributed by atoms with van der Waals surface area (Å²) in [5.74, 6) is 0.177. The van der Waals surface area contributed by atoms with Gasteiger partial charge in [-0.25, -0.2) is 14.6 Å². The molecule has 3 amide bonds. The number of pyridine rings is 1. The molecule has 9 nitrogen and oxygen atoms in total. The number of urea groups is 1. The average molecular weight is 468 g/mol. The molecule has 0 spiro atoms. The third-order valence-corrected chi connectivity index (χ3v) is 5.64. The molecule has 1 aliphatic rings. The molecule has 9 heteroatoms. The van der Waals surface area contributed by atoms with Gasteiger partial charge in [-0.2, -0.15) is 0 Å². The number of carbonyl (C=O) groups is 3. The van der Waals surface area contributed by atoms with E-state index in [2.05, 4.69) is 20.5 Å². The second-order valence-electron chi connectivity index (χ2n) is 8.56. The van der Waals surface area contributed by atoms with Crippen LogP contribution in [0.5, 0.6) is 0 Å². The van der Waals surface area contributed by atoms with Gasteiger partial charge in [0.25, 0.3) is 0 Å². The van der Waals surface area contributed by atoms with E-state index >= 15 is 0 Å². The molecule has 0 aliphatic carbocycles. The number of aromatic nitrogens is 1. The number of hydrogen-bond donors (Lipinski definition) is 2. The number of nitrogens with one attached hydrogen (secondary N) is 2. The molecular weight excluding hydrogens is 434 g/mol. The van der Waals surface area contributed by atoms with Crippen LogP contribution in [0.3, 0.4) is 0 Å². The fourth-order valence-electron chi connectivity index (χ4n) is 3.57. The van der Waals surface area contributed by atoms with Crippen molar-refractivity contribution < 1.29 is 19.1 Å². The molecule has 0 atom stereocenters. The summed E-state index contributed by atoms with van der Waals surface area (Å²) in [6.45, 7) is 10.2. The molecule has 2 heterocycles. The monoisotopic (exact) mass is 467 g/mol. The lowest BCUT2D eigenvalue weighted by atomic mass is 10.1. The van der Waals surface area contributed by atoms with Crippen LogP contribution in [0.1, 0.15) is 43.1 Å². The number of hydrogen-bond acceptors (Lipinski definition) is 6. The lowest BCUT2D eigenvalue weighted by Gasteiger charge is -2.23. The van der Waals surface area contributed by atoms with E-state index in [4.69, 9.17) is 4.74 Å². The van der Waals surface area contributed by atoms with Crippen molar-refractivity contribution in [3.63, 3.8) is 0 Å². The van der Waals surface area contributed by atoms with Crippen molar-refractivity contribution in [2.24, 2.45) is 5.92 Å². The third-order valence-electron chi connectivity index (χ3n) is 5.64. The first-order valence-electron chi connectivity index (χ1n) is 11.6. The molecular formula is C25H33N5O4. The van der Waals surface area contributed by atoms with Crippen molar-refractivity contribution in [2.75, 3.05) is 48.3 Å². The molecule has 34 heavy (non-hydrogen) atoms. The molecule has 1 fully saturated rings. The number of aryl methyl sites for hydroxylation is 1. The average Bonchev–Trinajstić information content (AvgIpc) is 3.08. The zero-order valence-electron chi connectivity index (χ0n) is 20.3. The Bertz CT molecular complexity index is 1020. The van der Waals surface area contributed by atoms with Gasteiger partial charge in [-0.3, -0.25) is 4.79 Å². The normalized spacial score (nSPS) is 13.9. The fourth-order valence-corrected chi connectivity index (χ4v) is 3.57. The summed E-state index contributed by atoms with van der Waals surface area (Å²) in [5, 5.41) is 5.85. The summed E-state index contributed by atoms with van der Waals surface area (Å²) in [5.41, 5.74) is 2.66. The second-order valence-corrected chi connectivity index (χ2v) is 8.56. The van der Waals surface area contributed by atoms with Gasteiger partial charge in [0.15, 0.2) is 0 Å². The summed E-state index contributed by atoms with van der Waals surface area (Å²) in [7, 11) is 0. The SMILES string of the molecule is CCOC(=O)c1ccc(N2CCCN(C(=O)Nc3cc(NC(=O)C(C)C)ccc3C)CC2)nc1. The number of carbonyl (C=O) groups excluding carboxylic acids is 3. The maximum Gasteiger partial charge on any atom is 0.339 e. The zero-order chi connectivity index (χ0) is 24.7. The van der Waals surface area contributed by atoms with E-state index in [1.807, 2.05) is 39.0 Å². The Balaban J connectivity index is 1.60. The van der Waals surface area contributed by atoms with Gasteiger partial charge in [-0.1, -0.05) is 19.9 Å². The summed E-state index contributed by atoms with van der Waals surface area (Å²) in [6.07, 6.45) is 2.31. The number of ether oxygens (including phenoxy) is 1. The maximum atomic E-state index is 13.0. The van der Waals surface area contributed by atoms with E-state index in [-0.39, 0.29) is 23.8 Å². The van der Waals surface area contributed by atoms with E-state index in [0.717, 1.165) is 24.3 Å². The van der Waals surface area contributed by atoms with E-state index in [1.54, 1.807) is 24.0 Å². The Hall–Kier alpha value is -3.62. The van der Waals surface area contributed by atoms with Crippen molar-refractivity contribution in [3.8, 4) is 0 Å². The van der Waals surface area contributed by atoms with Gasteiger partial charge in [0.2, 0.25) is 5.91 Å². The Morgan fingerprint density at radius 1 is 1.06 bits per heavy atom. The molecule has 3 rings (SSSR count). The highest BCUT2D eigenvalue weighted by atomic mass is 16.5. The zero-order valence-corrected chi connectivity index (χ0v) is 20.3. The van der Waals surface area contributed by atoms with Crippen LogP contribution in [-0.4, -0.2) is 60.6 Å². The van der Waals surface area contributed by atoms with Crippen LogP contribution in [0.4, 0.5) is 22.0 Å². The predicted octanol–water partition coefficient (Wildman–Crippen LogP) is 3.91. The summed E-state index contributed by atoms with van der Waals surface area (Å²) in [4.78, 5) is 45.1. The van der Waals surface area contributed by atoms with E-state index < -0.39 is 0 Å². The fraction of sp³-hybridized carbons (Fsp3) is 0.440. The van der Waals surface area contributed by atoms with Crippen molar-refractivity contribution in [1.29, 1.82) is 0 Å². The van der Waals surface area contributed by atoms with Crippen molar-refractivity contribution in [2.45, 2.75) is 34.1 Å². The lowest BCUT2D eigenvalue weighted by molar-refractivity contribution is -0.118. The van der Waals surface area contributed by atoms with Crippen LogP contribution in [0.25, 0.3) is 0 Å². The van der Waals surface area contributed by atoms with Crippen LogP contribution in [0, 0.1) is 12.8 Å². The lowest BCUT2D eigenvalue weighted by Crippen LogP contribution is -2.38. The highest BCUT2D eigenvalue weighted by Crippen LogP contribution is 2.22. The quantitative estimate of drug-likeness (QED) is 0.625. The van der Waals surface area contributed by atoms with Crippen LogP contribution in [-0.2, 0) is 9.53 Å². The molecule has 0 saturated carbocycles. The number of nitrogens with zero attached hydrogens (tertiary/aromatic N) is 3. The summed E-state index contributed by atoms with van der Waals surface area (Å²) in [6, 6.07) is 8.83. The number of rotatable bonds is 6. The number of amides is 3. The third kappa shape index (κ3) is 6.46. The van der Waals surface area contributed by atoms with E-state index in [9.17, 15) is 14.4 Å². The van der Waals surface area contributed by atoms with Gasteiger partial charge >= 0.3 is 12.0 Å². The standard InChI is InChI=1S/C25H33N5O4/c1-5-34-24(32)19-8-10-22(26-16-19)29-11-6-12-30(14-13-29)25(33)28-21-15-20(9-7-18(21)4)27-23(31)17(2)3/h7-10,15-17H,5-6,11-14H2,1-4H3,(H,27,31)(H,28,33). The first-order valence-corrected chi connectivity index (χ1v) is 11.6. The number of benzene rings is 1. The molecule has 0 bridgehead atoms. The predicted molar refractivity (Wildman–Crippen MR) is 132 cm³/mol. The Morgan fingerprint density at radius 3 is 2.53 bits per heavy atom. The number of esters is 1. The van der Waals surface area contributed by atoms with Crippen molar-refractivity contribution >= 4 is 35.1 Å². The topological polar surface area (TPSA) is 104 Å². The molecule has 182 valence electrons. The molecule has 0 radical (unpaired) electrons. The maximum absolute atomic E-state index is 13.0. The molecule has 1 aliphatic heterocycles. The minimum Gasteiger partial charge on any atom is -0.462 e. The molecule has 1 saturated heterocycles. The van der Waals surface area contributed by atoms with Crippen molar-refractivity contribution in [3.05, 3.63) is 47.7 Å². The molecule has 1 aromatic carbocycles. The minimum absolute atomic E-state index is 0.0716. The summed E-state index contributed by atoms with van der Waals surface area (Å²) < 4.78 is 5.00. The molecule has 2 N–H and O–H groups in total. The Kier molecular flexibility index (Phi) is 8.45. The van der Waals surface area contributed by atoms with Gasteiger partial charge in [-0.05, 0) is 50.1 Å². The first kappa shape index (κ1) is 25.0. The van der Waals surface area contributed by atoms with Crippen LogP contribution in [0.2, 0.25) is 0 Å². The highest BCUT2D eigenvalue weighted by Gasteiger charge is 2.21.